The van der Waals surface area contributed by atoms with Crippen LogP contribution in [-0.4, -0.2) is 18.9 Å². The Kier molecular flexibility index (Phi) is 183. The fraction of sp³-hybridized carbons (Fsp3) is 0. The van der Waals surface area contributed by atoms with Crippen molar-refractivity contribution >= 4 is 69.8 Å². The molecule has 0 spiro atoms. The van der Waals surface area contributed by atoms with Gasteiger partial charge in [-0.3, -0.25) is 0 Å². The largest absolute Gasteiger partial charge is 0.114 e. The third-order valence-electron chi connectivity index (χ3n) is 0. The number of hydrogen-bond donors (Lipinski definition) is 0. The monoisotopic (exact) mass is 247 g/mol. The fourth-order valence-electron chi connectivity index (χ4n) is 0. The van der Waals surface area contributed by atoms with Gasteiger partial charge < -0.3 is 0 Å². The quantitative estimate of drug-likeness (QED) is 0.569. The van der Waals surface area contributed by atoms with Crippen LogP contribution in [0.5, 0.6) is 0 Å². The van der Waals surface area contributed by atoms with Crippen molar-refractivity contribution in [2.75, 3.05) is 0 Å². The van der Waals surface area contributed by atoms with E-state index < -0.39 is 0 Å². The Morgan fingerprint density at radius 1 is 0.500 bits per heavy atom. The van der Waals surface area contributed by atoms with Gasteiger partial charge >= 0.3 is 0 Å². The minimum atomic E-state index is 0. The average Bonchev–Trinajstić information content (AvgIpc) is 0. The van der Waals surface area contributed by atoms with Gasteiger partial charge in [0.2, 0.25) is 0 Å². The molecule has 0 fully saturated rings. The molecular formula is H3Br3Li. The van der Waals surface area contributed by atoms with Crippen LogP contribution in [0, 0.1) is 0 Å². The Morgan fingerprint density at radius 3 is 0.500 bits per heavy atom. The zero-order valence-electron chi connectivity index (χ0n) is 2.22. The summed E-state index contributed by atoms with van der Waals surface area (Å²) in [5.41, 5.74) is 0. The zero-order chi connectivity index (χ0) is 0. The maximum Gasteiger partial charge on any atom is 0 e. The van der Waals surface area contributed by atoms with Gasteiger partial charge in [0.25, 0.3) is 0 Å². The van der Waals surface area contributed by atoms with E-state index in [1.54, 1.807) is 0 Å². The van der Waals surface area contributed by atoms with E-state index in [4.69, 9.17) is 0 Å². The van der Waals surface area contributed by atoms with Crippen molar-refractivity contribution in [3.05, 3.63) is 0 Å². The van der Waals surface area contributed by atoms with E-state index in [2.05, 4.69) is 0 Å². The third-order valence-corrected chi connectivity index (χ3v) is 0. The van der Waals surface area contributed by atoms with Gasteiger partial charge in [-0.25, -0.2) is 0 Å². The van der Waals surface area contributed by atoms with Crippen molar-refractivity contribution in [2.24, 2.45) is 0 Å². The molecule has 0 aromatic carbocycles. The zero-order valence-corrected chi connectivity index (χ0v) is 7.36. The summed E-state index contributed by atoms with van der Waals surface area (Å²) >= 11 is 0. The second-order valence-electron chi connectivity index (χ2n) is 0. The molecule has 0 aromatic heterocycles. The van der Waals surface area contributed by atoms with Crippen molar-refractivity contribution in [2.45, 2.75) is 0 Å². The summed E-state index contributed by atoms with van der Waals surface area (Å²) in [6, 6.07) is 0. The molecule has 0 saturated heterocycles. The number of halogens is 3. The molecule has 0 heterocycles. The Labute approximate surface area is 69.2 Å². The minimum Gasteiger partial charge on any atom is -0.114 e. The summed E-state index contributed by atoms with van der Waals surface area (Å²) in [7, 11) is 0. The second-order valence-corrected chi connectivity index (χ2v) is 0. The summed E-state index contributed by atoms with van der Waals surface area (Å²) in [4.78, 5) is 0. The fourth-order valence-corrected chi connectivity index (χ4v) is 0. The molecule has 0 aliphatic carbocycles. The van der Waals surface area contributed by atoms with Crippen molar-refractivity contribution in [3.63, 3.8) is 0 Å². The molecule has 0 saturated carbocycles. The predicted molar refractivity (Wildman–Crippen MR) is 36.7 cm³/mol. The van der Waals surface area contributed by atoms with Gasteiger partial charge in [0, 0.05) is 18.9 Å². The molecule has 0 N–H and O–H groups in total. The standard InChI is InChI=1S/3BrH.Li/h3*1H;. The second kappa shape index (κ2) is 19.8. The molecule has 0 atom stereocenters. The smallest absolute Gasteiger partial charge is 0 e. The van der Waals surface area contributed by atoms with Crippen molar-refractivity contribution in [3.8, 4) is 0 Å². The first kappa shape index (κ1) is 36.9. The molecule has 0 amide bonds. The predicted octanol–water partition coefficient (Wildman–Crippen LogP) is 1.35. The molecule has 0 aliphatic heterocycles. The maximum atomic E-state index is 0. The summed E-state index contributed by atoms with van der Waals surface area (Å²) < 4.78 is 0. The van der Waals surface area contributed by atoms with Crippen LogP contribution in [0.15, 0.2) is 0 Å². The van der Waals surface area contributed by atoms with Crippen LogP contribution in [0.2, 0.25) is 0 Å². The molecule has 4 heavy (non-hydrogen) atoms. The summed E-state index contributed by atoms with van der Waals surface area (Å²) in [6.07, 6.45) is 0. The summed E-state index contributed by atoms with van der Waals surface area (Å²) in [5.74, 6) is 0. The van der Waals surface area contributed by atoms with Gasteiger partial charge in [0.1, 0.15) is 0 Å². The van der Waals surface area contributed by atoms with Gasteiger partial charge in [-0.15, -0.1) is 50.9 Å². The molecule has 0 aromatic rings. The first-order valence-electron chi connectivity index (χ1n) is 0. The van der Waals surface area contributed by atoms with Crippen LogP contribution in [0.25, 0.3) is 0 Å². The molecule has 0 unspecified atom stereocenters. The molecule has 1 radical (unpaired) electrons. The van der Waals surface area contributed by atoms with Gasteiger partial charge in [-0.05, 0) is 0 Å². The topological polar surface area (TPSA) is 0 Å². The maximum absolute atomic E-state index is 0. The van der Waals surface area contributed by atoms with Crippen LogP contribution in [0.1, 0.15) is 0 Å². The Bertz CT molecular complexity index is 3.25. The van der Waals surface area contributed by atoms with Gasteiger partial charge in [0.05, 0.1) is 0 Å². The van der Waals surface area contributed by atoms with E-state index in [-0.39, 0.29) is 69.8 Å². The van der Waals surface area contributed by atoms with Crippen LogP contribution in [-0.2, 0) is 0 Å². The molecule has 25 valence electrons. The first-order chi connectivity index (χ1) is 0. The van der Waals surface area contributed by atoms with E-state index in [1.807, 2.05) is 0 Å². The average molecular weight is 250 g/mol. The van der Waals surface area contributed by atoms with Crippen LogP contribution in [0.4, 0.5) is 0 Å². The minimum absolute atomic E-state index is 0. The van der Waals surface area contributed by atoms with Gasteiger partial charge in [-0.1, -0.05) is 0 Å². The van der Waals surface area contributed by atoms with E-state index in [9.17, 15) is 0 Å². The third kappa shape index (κ3) is 8.97. The Balaban J connectivity index is 0. The van der Waals surface area contributed by atoms with E-state index in [0.29, 0.717) is 0 Å². The summed E-state index contributed by atoms with van der Waals surface area (Å²) in [6.45, 7) is 0. The molecule has 0 rings (SSSR count). The Morgan fingerprint density at radius 2 is 0.500 bits per heavy atom. The van der Waals surface area contributed by atoms with Crippen molar-refractivity contribution in [1.29, 1.82) is 0 Å². The molecule has 0 nitrogen and oxygen atoms in total. The van der Waals surface area contributed by atoms with Crippen molar-refractivity contribution in [1.82, 2.24) is 0 Å². The molecule has 4 heteroatoms. The molecular weight excluding hydrogens is 247 g/mol. The van der Waals surface area contributed by atoms with Gasteiger partial charge in [-0.2, -0.15) is 0 Å². The first-order valence-corrected chi connectivity index (χ1v) is 0. The SMILES string of the molecule is Br.Br.Br.[Li]. The summed E-state index contributed by atoms with van der Waals surface area (Å²) in [5, 5.41) is 0. The Hall–Kier alpha value is 2.04. The number of hydrogen-bond acceptors (Lipinski definition) is 0. The molecule has 0 aliphatic rings. The van der Waals surface area contributed by atoms with E-state index in [0.717, 1.165) is 0 Å². The van der Waals surface area contributed by atoms with E-state index in [1.165, 1.54) is 0 Å². The van der Waals surface area contributed by atoms with Gasteiger partial charge in [0.15, 0.2) is 0 Å². The van der Waals surface area contributed by atoms with E-state index >= 15 is 0 Å². The van der Waals surface area contributed by atoms with Crippen LogP contribution >= 0.6 is 50.9 Å². The van der Waals surface area contributed by atoms with Crippen LogP contribution < -0.4 is 0 Å². The van der Waals surface area contributed by atoms with Crippen LogP contribution in [0.3, 0.4) is 0 Å². The van der Waals surface area contributed by atoms with Crippen molar-refractivity contribution < 1.29 is 0 Å². The number of rotatable bonds is 0. The normalized spacial score (nSPS) is 0. The molecule has 0 bridgehead atoms.